The van der Waals surface area contributed by atoms with Gasteiger partial charge in [0.25, 0.3) is 0 Å². The number of aliphatic hydroxyl groups is 2. The van der Waals surface area contributed by atoms with E-state index in [0.29, 0.717) is 11.1 Å². The average Bonchev–Trinajstić information content (AvgIpc) is 2.33. The van der Waals surface area contributed by atoms with Crippen molar-refractivity contribution in [2.24, 2.45) is 0 Å². The minimum absolute atomic E-state index is 0.0164. The van der Waals surface area contributed by atoms with Crippen molar-refractivity contribution in [1.82, 2.24) is 0 Å². The van der Waals surface area contributed by atoms with Gasteiger partial charge in [0, 0.05) is 17.5 Å². The summed E-state index contributed by atoms with van der Waals surface area (Å²) in [6.45, 7) is 0. The molecule has 0 bridgehead atoms. The molecule has 0 radical (unpaired) electrons. The SMILES string of the molecule is COC(=O)C1(O)CC=C(O)c2ccccc21. The van der Waals surface area contributed by atoms with Crippen LogP contribution in [0.3, 0.4) is 0 Å². The van der Waals surface area contributed by atoms with Crippen molar-refractivity contribution < 1.29 is 19.7 Å². The van der Waals surface area contributed by atoms with Gasteiger partial charge in [0.15, 0.2) is 5.60 Å². The molecule has 0 saturated heterocycles. The van der Waals surface area contributed by atoms with Crippen molar-refractivity contribution in [2.75, 3.05) is 7.11 Å². The van der Waals surface area contributed by atoms with Crippen LogP contribution in [0.5, 0.6) is 0 Å². The van der Waals surface area contributed by atoms with E-state index in [9.17, 15) is 15.0 Å². The van der Waals surface area contributed by atoms with Gasteiger partial charge in [-0.1, -0.05) is 24.3 Å². The Labute approximate surface area is 92.8 Å². The predicted octanol–water partition coefficient (Wildman–Crippen LogP) is 1.35. The number of hydrogen-bond acceptors (Lipinski definition) is 4. The lowest BCUT2D eigenvalue weighted by Gasteiger charge is -2.29. The molecule has 1 unspecified atom stereocenters. The molecule has 2 rings (SSSR count). The fraction of sp³-hybridized carbons (Fsp3) is 0.250. The standard InChI is InChI=1S/C12H12O4/c1-16-11(14)12(15)7-6-10(13)8-4-2-3-5-9(8)12/h2-6,13,15H,7H2,1H3. The number of carbonyl (C=O) groups excluding carboxylic acids is 1. The Morgan fingerprint density at radius 3 is 2.81 bits per heavy atom. The number of carbonyl (C=O) groups is 1. The monoisotopic (exact) mass is 220 g/mol. The highest BCUT2D eigenvalue weighted by molar-refractivity contribution is 5.85. The fourth-order valence-electron chi connectivity index (χ4n) is 1.89. The van der Waals surface area contributed by atoms with Gasteiger partial charge in [0.05, 0.1) is 7.11 Å². The third-order valence-corrected chi connectivity index (χ3v) is 2.76. The molecule has 0 fully saturated rings. The van der Waals surface area contributed by atoms with Crippen molar-refractivity contribution in [3.63, 3.8) is 0 Å². The molecule has 1 aromatic carbocycles. The summed E-state index contributed by atoms with van der Waals surface area (Å²) in [4.78, 5) is 11.6. The van der Waals surface area contributed by atoms with Crippen LogP contribution in [0.2, 0.25) is 0 Å². The molecule has 0 aliphatic heterocycles. The topological polar surface area (TPSA) is 66.8 Å². The lowest BCUT2D eigenvalue weighted by molar-refractivity contribution is -0.163. The van der Waals surface area contributed by atoms with Gasteiger partial charge in [-0.25, -0.2) is 4.79 Å². The van der Waals surface area contributed by atoms with Gasteiger partial charge in [-0.3, -0.25) is 0 Å². The summed E-state index contributed by atoms with van der Waals surface area (Å²) < 4.78 is 4.58. The van der Waals surface area contributed by atoms with Gasteiger partial charge in [0.2, 0.25) is 0 Å². The molecule has 1 aliphatic rings. The molecular weight excluding hydrogens is 208 g/mol. The Morgan fingerprint density at radius 2 is 2.12 bits per heavy atom. The van der Waals surface area contributed by atoms with Gasteiger partial charge in [-0.15, -0.1) is 0 Å². The normalized spacial score (nSPS) is 23.2. The van der Waals surface area contributed by atoms with Crippen molar-refractivity contribution in [2.45, 2.75) is 12.0 Å². The van der Waals surface area contributed by atoms with Crippen LogP contribution in [0.1, 0.15) is 17.5 Å². The molecule has 4 heteroatoms. The highest BCUT2D eigenvalue weighted by Crippen LogP contribution is 2.37. The van der Waals surface area contributed by atoms with Gasteiger partial charge in [-0.05, 0) is 6.08 Å². The largest absolute Gasteiger partial charge is 0.508 e. The number of ether oxygens (including phenoxy) is 1. The van der Waals surface area contributed by atoms with Crippen molar-refractivity contribution in [3.8, 4) is 0 Å². The first kappa shape index (κ1) is 10.7. The number of methoxy groups -OCH3 is 1. The second-order valence-corrected chi connectivity index (χ2v) is 3.69. The Balaban J connectivity index is 2.59. The molecule has 0 saturated carbocycles. The molecule has 16 heavy (non-hydrogen) atoms. The summed E-state index contributed by atoms with van der Waals surface area (Å²) in [6.07, 6.45) is 1.43. The van der Waals surface area contributed by atoms with Crippen molar-refractivity contribution >= 4 is 11.7 Å². The number of aliphatic hydroxyl groups excluding tert-OH is 1. The third-order valence-electron chi connectivity index (χ3n) is 2.76. The maximum absolute atomic E-state index is 11.6. The second-order valence-electron chi connectivity index (χ2n) is 3.69. The first-order valence-electron chi connectivity index (χ1n) is 4.89. The second kappa shape index (κ2) is 3.64. The lowest BCUT2D eigenvalue weighted by atomic mass is 9.82. The van der Waals surface area contributed by atoms with Gasteiger partial charge in [-0.2, -0.15) is 0 Å². The average molecular weight is 220 g/mol. The van der Waals surface area contributed by atoms with Crippen LogP contribution in [0.15, 0.2) is 30.3 Å². The third kappa shape index (κ3) is 1.39. The number of benzene rings is 1. The van der Waals surface area contributed by atoms with Crippen LogP contribution in [-0.4, -0.2) is 23.3 Å². The maximum Gasteiger partial charge on any atom is 0.342 e. The molecule has 0 heterocycles. The van der Waals surface area contributed by atoms with E-state index in [1.54, 1.807) is 24.3 Å². The van der Waals surface area contributed by atoms with Crippen molar-refractivity contribution in [3.05, 3.63) is 41.5 Å². The minimum Gasteiger partial charge on any atom is -0.508 e. The molecule has 0 aromatic heterocycles. The van der Waals surface area contributed by atoms with Gasteiger partial charge >= 0.3 is 5.97 Å². The van der Waals surface area contributed by atoms with E-state index in [1.807, 2.05) is 0 Å². The van der Waals surface area contributed by atoms with Crippen LogP contribution in [0, 0.1) is 0 Å². The first-order valence-corrected chi connectivity index (χ1v) is 4.89. The van der Waals surface area contributed by atoms with Crippen LogP contribution < -0.4 is 0 Å². The van der Waals surface area contributed by atoms with Crippen molar-refractivity contribution in [1.29, 1.82) is 0 Å². The maximum atomic E-state index is 11.6. The van der Waals surface area contributed by atoms with E-state index < -0.39 is 11.6 Å². The predicted molar refractivity (Wildman–Crippen MR) is 57.6 cm³/mol. The molecular formula is C12H12O4. The Kier molecular flexibility index (Phi) is 2.44. The molecule has 84 valence electrons. The van der Waals surface area contributed by atoms with E-state index in [4.69, 9.17) is 0 Å². The van der Waals surface area contributed by atoms with Crippen LogP contribution >= 0.6 is 0 Å². The minimum atomic E-state index is -1.70. The molecule has 1 aliphatic carbocycles. The van der Waals surface area contributed by atoms with E-state index in [1.165, 1.54) is 13.2 Å². The highest BCUT2D eigenvalue weighted by atomic mass is 16.5. The number of esters is 1. The van der Waals surface area contributed by atoms with Crippen LogP contribution in [-0.2, 0) is 15.1 Å². The lowest BCUT2D eigenvalue weighted by Crippen LogP contribution is -2.38. The fourth-order valence-corrected chi connectivity index (χ4v) is 1.89. The zero-order valence-corrected chi connectivity index (χ0v) is 8.80. The Hall–Kier alpha value is -1.81. The molecule has 1 aromatic rings. The van der Waals surface area contributed by atoms with Gasteiger partial charge < -0.3 is 14.9 Å². The molecule has 0 spiro atoms. The van der Waals surface area contributed by atoms with E-state index in [0.717, 1.165) is 0 Å². The van der Waals surface area contributed by atoms with E-state index in [2.05, 4.69) is 4.74 Å². The zero-order chi connectivity index (χ0) is 11.8. The summed E-state index contributed by atoms with van der Waals surface area (Å²) >= 11 is 0. The quantitative estimate of drug-likeness (QED) is 0.701. The first-order chi connectivity index (χ1) is 7.59. The van der Waals surface area contributed by atoms with Crippen LogP contribution in [0.4, 0.5) is 0 Å². The Bertz CT molecular complexity index is 464. The van der Waals surface area contributed by atoms with Gasteiger partial charge in [0.1, 0.15) is 5.76 Å². The summed E-state index contributed by atoms with van der Waals surface area (Å²) in [7, 11) is 1.22. The van der Waals surface area contributed by atoms with E-state index in [-0.39, 0.29) is 12.2 Å². The zero-order valence-electron chi connectivity index (χ0n) is 8.80. The Morgan fingerprint density at radius 1 is 1.44 bits per heavy atom. The number of hydrogen-bond donors (Lipinski definition) is 2. The molecule has 2 N–H and O–H groups in total. The smallest absolute Gasteiger partial charge is 0.342 e. The number of rotatable bonds is 1. The summed E-state index contributed by atoms with van der Waals surface area (Å²) in [5, 5.41) is 19.9. The molecule has 4 nitrogen and oxygen atoms in total. The number of fused-ring (bicyclic) bond motifs is 1. The molecule has 0 amide bonds. The summed E-state index contributed by atoms with van der Waals surface area (Å²) in [5.41, 5.74) is -0.860. The van der Waals surface area contributed by atoms with E-state index >= 15 is 0 Å². The summed E-state index contributed by atoms with van der Waals surface area (Å²) in [6, 6.07) is 6.68. The molecule has 1 atom stereocenters. The van der Waals surface area contributed by atoms with Crippen LogP contribution in [0.25, 0.3) is 5.76 Å². The highest BCUT2D eigenvalue weighted by Gasteiger charge is 2.42. The summed E-state index contributed by atoms with van der Waals surface area (Å²) in [5.74, 6) is -0.645.